The van der Waals surface area contributed by atoms with Crippen LogP contribution < -0.4 is 10.1 Å². The second-order valence-electron chi connectivity index (χ2n) is 9.21. The highest BCUT2D eigenvalue weighted by Crippen LogP contribution is 2.38. The number of amides is 1. The average Bonchev–Trinajstić information content (AvgIpc) is 3.59. The maximum absolute atomic E-state index is 13.4. The van der Waals surface area contributed by atoms with Gasteiger partial charge in [0.05, 0.1) is 43.4 Å². The van der Waals surface area contributed by atoms with Gasteiger partial charge >= 0.3 is 0 Å². The Morgan fingerprint density at radius 1 is 1.03 bits per heavy atom. The molecule has 0 aliphatic carbocycles. The number of para-hydroxylation sites is 1. The van der Waals surface area contributed by atoms with Crippen LogP contribution in [0.15, 0.2) is 90.2 Å². The van der Waals surface area contributed by atoms with Crippen molar-refractivity contribution in [1.82, 2.24) is 20.1 Å². The molecule has 0 saturated heterocycles. The van der Waals surface area contributed by atoms with Gasteiger partial charge in [-0.05, 0) is 48.9 Å². The Morgan fingerprint density at radius 3 is 2.42 bits per heavy atom. The fourth-order valence-corrected chi connectivity index (χ4v) is 4.58. The first kappa shape index (κ1) is 25.4. The van der Waals surface area contributed by atoms with Gasteiger partial charge in [-0.3, -0.25) is 4.79 Å². The zero-order valence-corrected chi connectivity index (χ0v) is 21.5. The minimum Gasteiger partial charge on any atom is -0.497 e. The number of aromatic nitrogens is 2. The monoisotopic (exact) mass is 509 g/mol. The fraction of sp³-hybridized carbons (Fsp3) is 0.233. The molecule has 38 heavy (non-hydrogen) atoms. The Balaban J connectivity index is 1.57. The number of aliphatic hydroxyl groups excluding tert-OH is 1. The number of hydrogen-bond acceptors (Lipinski definition) is 6. The van der Waals surface area contributed by atoms with E-state index >= 15 is 0 Å². The first-order chi connectivity index (χ1) is 18.6. The lowest BCUT2D eigenvalue weighted by Crippen LogP contribution is -2.36. The van der Waals surface area contributed by atoms with Crippen LogP contribution in [-0.4, -0.2) is 58.3 Å². The molecule has 1 aliphatic rings. The van der Waals surface area contributed by atoms with Gasteiger partial charge in [0.2, 0.25) is 0 Å². The first-order valence-electron chi connectivity index (χ1n) is 12.6. The van der Waals surface area contributed by atoms with E-state index in [4.69, 9.17) is 20.0 Å². The van der Waals surface area contributed by atoms with Crippen LogP contribution in [-0.2, 0) is 4.79 Å². The van der Waals surface area contributed by atoms with E-state index in [1.165, 1.54) is 0 Å². The molecule has 4 aromatic rings. The van der Waals surface area contributed by atoms with E-state index in [0.717, 1.165) is 45.1 Å². The van der Waals surface area contributed by atoms with Gasteiger partial charge in [0.25, 0.3) is 5.91 Å². The van der Waals surface area contributed by atoms with E-state index in [0.29, 0.717) is 13.0 Å². The Morgan fingerprint density at radius 2 is 1.74 bits per heavy atom. The summed E-state index contributed by atoms with van der Waals surface area (Å²) in [5, 5.41) is 23.5. The second-order valence-corrected chi connectivity index (χ2v) is 9.21. The third-order valence-corrected chi connectivity index (χ3v) is 6.60. The molecule has 0 saturated carbocycles. The zero-order chi connectivity index (χ0) is 26.5. The van der Waals surface area contributed by atoms with E-state index in [1.54, 1.807) is 12.1 Å². The van der Waals surface area contributed by atoms with Crippen LogP contribution in [0.3, 0.4) is 0 Å². The minimum atomic E-state index is -0.343. The predicted octanol–water partition coefficient (Wildman–Crippen LogP) is 4.12. The van der Waals surface area contributed by atoms with Crippen molar-refractivity contribution in [3.05, 3.63) is 102 Å². The summed E-state index contributed by atoms with van der Waals surface area (Å²) in [6.07, 6.45) is 2.54. The molecule has 0 bridgehead atoms. The smallest absolute Gasteiger partial charge is 0.257 e. The highest BCUT2D eigenvalue weighted by Gasteiger charge is 2.36. The largest absolute Gasteiger partial charge is 0.497 e. The molecule has 0 spiro atoms. The summed E-state index contributed by atoms with van der Waals surface area (Å²) in [6.45, 7) is 2.42. The number of carbonyl (C=O) groups excluding carboxylic acids is 1. The van der Waals surface area contributed by atoms with Crippen molar-refractivity contribution >= 4 is 11.6 Å². The number of aliphatic hydroxyl groups is 1. The molecule has 5 rings (SSSR count). The summed E-state index contributed by atoms with van der Waals surface area (Å²) in [5.41, 5.74) is 6.55. The van der Waals surface area contributed by atoms with Crippen LogP contribution >= 0.6 is 0 Å². The highest BCUT2D eigenvalue weighted by molar-refractivity contribution is 6.03. The maximum atomic E-state index is 13.4. The summed E-state index contributed by atoms with van der Waals surface area (Å²) in [7, 11) is 1.63. The van der Waals surface area contributed by atoms with Crippen LogP contribution in [0.4, 0.5) is 0 Å². The number of nitrogens with zero attached hydrogens (tertiary/aromatic N) is 4. The predicted molar refractivity (Wildman–Crippen MR) is 147 cm³/mol. The maximum Gasteiger partial charge on any atom is 0.257 e. The third-order valence-electron chi connectivity index (χ3n) is 6.60. The Labute approximate surface area is 222 Å². The summed E-state index contributed by atoms with van der Waals surface area (Å²) in [5.74, 6) is 0.588. The van der Waals surface area contributed by atoms with E-state index < -0.39 is 0 Å². The van der Waals surface area contributed by atoms with Gasteiger partial charge in [-0.25, -0.2) is 9.69 Å². The van der Waals surface area contributed by atoms with Crippen molar-refractivity contribution in [1.29, 1.82) is 0 Å². The van der Waals surface area contributed by atoms with Crippen molar-refractivity contribution in [3.8, 4) is 22.7 Å². The molecule has 2 N–H and O–H groups in total. The van der Waals surface area contributed by atoms with Crippen LogP contribution in [0, 0.1) is 6.92 Å². The molecule has 194 valence electrons. The van der Waals surface area contributed by atoms with Gasteiger partial charge in [-0.1, -0.05) is 48.0 Å². The number of hydrazone groups is 1. The SMILES string of the molecule is COc1ccc(C2=NN(C(=O)CNCCO)C(c3cn(-c4ccccc4)nc3-c3ccc(C)cc3)C2)cc1. The molecule has 0 radical (unpaired) electrons. The number of ether oxygens (including phenoxy) is 1. The minimum absolute atomic E-state index is 0.0432. The lowest BCUT2D eigenvalue weighted by molar-refractivity contribution is -0.132. The topological polar surface area (TPSA) is 92.0 Å². The van der Waals surface area contributed by atoms with Crippen LogP contribution in [0.1, 0.15) is 29.2 Å². The van der Waals surface area contributed by atoms with Crippen LogP contribution in [0.5, 0.6) is 5.75 Å². The van der Waals surface area contributed by atoms with Crippen molar-refractivity contribution in [2.45, 2.75) is 19.4 Å². The highest BCUT2D eigenvalue weighted by atomic mass is 16.5. The van der Waals surface area contributed by atoms with Gasteiger partial charge in [0.15, 0.2) is 0 Å². The summed E-state index contributed by atoms with van der Waals surface area (Å²) in [4.78, 5) is 13.4. The van der Waals surface area contributed by atoms with Crippen molar-refractivity contribution in [2.24, 2.45) is 5.10 Å². The molecule has 1 aromatic heterocycles. The Bertz CT molecular complexity index is 1410. The molecule has 1 unspecified atom stereocenters. The second kappa shape index (κ2) is 11.4. The molecule has 8 nitrogen and oxygen atoms in total. The van der Waals surface area contributed by atoms with Gasteiger partial charge in [0, 0.05) is 30.3 Å². The van der Waals surface area contributed by atoms with Gasteiger partial charge < -0.3 is 15.2 Å². The molecular formula is C30H31N5O3. The molecule has 0 fully saturated rings. The van der Waals surface area contributed by atoms with Crippen LogP contribution in [0.2, 0.25) is 0 Å². The van der Waals surface area contributed by atoms with Crippen molar-refractivity contribution < 1.29 is 14.6 Å². The number of hydrogen-bond donors (Lipinski definition) is 2. The van der Waals surface area contributed by atoms with E-state index in [2.05, 4.69) is 36.5 Å². The quantitative estimate of drug-likeness (QED) is 0.331. The zero-order valence-electron chi connectivity index (χ0n) is 21.5. The number of carbonyl (C=O) groups is 1. The standard InChI is InChI=1S/C30H31N5O3/c1-21-8-10-23(11-9-21)30-26(20-34(33-30)24-6-4-3-5-7-24)28-18-27(22-12-14-25(38-2)15-13-22)32-35(28)29(37)19-31-16-17-36/h3-15,20,28,31,36H,16-19H2,1-2H3. The van der Waals surface area contributed by atoms with Gasteiger partial charge in [0.1, 0.15) is 5.75 Å². The average molecular weight is 510 g/mol. The lowest BCUT2D eigenvalue weighted by Gasteiger charge is -2.22. The summed E-state index contributed by atoms with van der Waals surface area (Å²) in [6, 6.07) is 25.6. The first-order valence-corrected chi connectivity index (χ1v) is 12.6. The summed E-state index contributed by atoms with van der Waals surface area (Å²) >= 11 is 0. The fourth-order valence-electron chi connectivity index (χ4n) is 4.58. The molecule has 1 atom stereocenters. The Hall–Kier alpha value is -4.27. The van der Waals surface area contributed by atoms with Gasteiger partial charge in [-0.15, -0.1) is 0 Å². The van der Waals surface area contributed by atoms with Gasteiger partial charge in [-0.2, -0.15) is 10.2 Å². The number of nitrogens with one attached hydrogen (secondary N) is 1. The number of aryl methyl sites for hydroxylation is 1. The number of rotatable bonds is 9. The lowest BCUT2D eigenvalue weighted by atomic mass is 9.96. The normalized spacial score (nSPS) is 15.0. The molecule has 2 heterocycles. The molecular weight excluding hydrogens is 478 g/mol. The Kier molecular flexibility index (Phi) is 7.62. The van der Waals surface area contributed by atoms with E-state index in [-0.39, 0.29) is 25.1 Å². The number of benzene rings is 3. The van der Waals surface area contributed by atoms with E-state index in [1.807, 2.05) is 65.5 Å². The van der Waals surface area contributed by atoms with Crippen molar-refractivity contribution in [2.75, 3.05) is 26.8 Å². The molecule has 3 aromatic carbocycles. The molecule has 1 aliphatic heterocycles. The van der Waals surface area contributed by atoms with E-state index in [9.17, 15) is 4.79 Å². The van der Waals surface area contributed by atoms with Crippen LogP contribution in [0.25, 0.3) is 16.9 Å². The molecule has 1 amide bonds. The number of methoxy groups -OCH3 is 1. The third kappa shape index (κ3) is 5.37. The molecule has 8 heteroatoms. The van der Waals surface area contributed by atoms with Crippen molar-refractivity contribution in [3.63, 3.8) is 0 Å². The summed E-state index contributed by atoms with van der Waals surface area (Å²) < 4.78 is 7.17.